The fourth-order valence-electron chi connectivity index (χ4n) is 3.31. The first-order valence-electron chi connectivity index (χ1n) is 7.30. The summed E-state index contributed by atoms with van der Waals surface area (Å²) >= 11 is 0. The summed E-state index contributed by atoms with van der Waals surface area (Å²) in [5.41, 5.74) is -0.219. The summed E-state index contributed by atoms with van der Waals surface area (Å²) in [7, 11) is 0. The Bertz CT molecular complexity index is 282. The lowest BCUT2D eigenvalue weighted by Crippen LogP contribution is -2.51. The zero-order valence-corrected chi connectivity index (χ0v) is 11.5. The smallest absolute Gasteiger partial charge is 0.228 e. The molecule has 0 unspecified atom stereocenters. The summed E-state index contributed by atoms with van der Waals surface area (Å²) < 4.78 is 0. The molecule has 1 amide bonds. The maximum Gasteiger partial charge on any atom is 0.228 e. The van der Waals surface area contributed by atoms with E-state index in [0.717, 1.165) is 38.8 Å². The van der Waals surface area contributed by atoms with Crippen molar-refractivity contribution in [2.75, 3.05) is 26.2 Å². The van der Waals surface area contributed by atoms with Gasteiger partial charge in [0, 0.05) is 18.0 Å². The molecule has 2 N–H and O–H groups in total. The van der Waals surface area contributed by atoms with Gasteiger partial charge in [0.2, 0.25) is 5.91 Å². The van der Waals surface area contributed by atoms with E-state index in [2.05, 4.69) is 12.2 Å². The molecule has 0 spiro atoms. The molecule has 104 valence electrons. The number of amides is 1. The highest BCUT2D eigenvalue weighted by Gasteiger charge is 2.40. The molecule has 18 heavy (non-hydrogen) atoms. The normalized spacial score (nSPS) is 24.1. The van der Waals surface area contributed by atoms with Crippen LogP contribution in [0.25, 0.3) is 0 Å². The number of piperidine rings is 1. The van der Waals surface area contributed by atoms with E-state index in [-0.39, 0.29) is 17.9 Å². The Hall–Kier alpha value is -0.610. The van der Waals surface area contributed by atoms with Crippen LogP contribution in [0.5, 0.6) is 0 Å². The van der Waals surface area contributed by atoms with Gasteiger partial charge in [-0.25, -0.2) is 0 Å². The Kier molecular flexibility index (Phi) is 4.62. The van der Waals surface area contributed by atoms with Crippen molar-refractivity contribution in [2.45, 2.75) is 51.5 Å². The first-order valence-corrected chi connectivity index (χ1v) is 7.30. The molecule has 1 heterocycles. The quantitative estimate of drug-likeness (QED) is 0.791. The molecule has 0 atom stereocenters. The molecule has 1 saturated heterocycles. The van der Waals surface area contributed by atoms with Crippen LogP contribution in [0.1, 0.15) is 45.4 Å². The molecule has 4 nitrogen and oxygen atoms in total. The van der Waals surface area contributed by atoms with Gasteiger partial charge in [-0.15, -0.1) is 0 Å². The van der Waals surface area contributed by atoms with Gasteiger partial charge in [0.05, 0.1) is 6.61 Å². The van der Waals surface area contributed by atoms with Crippen LogP contribution in [0.15, 0.2) is 0 Å². The maximum atomic E-state index is 12.8. The second-order valence-corrected chi connectivity index (χ2v) is 5.97. The van der Waals surface area contributed by atoms with Crippen molar-refractivity contribution in [1.82, 2.24) is 10.2 Å². The van der Waals surface area contributed by atoms with Crippen LogP contribution in [0.2, 0.25) is 0 Å². The first kappa shape index (κ1) is 13.8. The average molecular weight is 254 g/mol. The Morgan fingerprint density at radius 1 is 1.33 bits per heavy atom. The highest BCUT2D eigenvalue weighted by atomic mass is 16.3. The van der Waals surface area contributed by atoms with Crippen molar-refractivity contribution >= 4 is 5.91 Å². The summed E-state index contributed by atoms with van der Waals surface area (Å²) in [6.45, 7) is 4.54. The minimum absolute atomic E-state index is 0.0799. The molecule has 0 bridgehead atoms. The zero-order valence-electron chi connectivity index (χ0n) is 11.5. The summed E-state index contributed by atoms with van der Waals surface area (Å²) in [5.74, 6) is 0.268. The third-order valence-electron chi connectivity index (χ3n) is 4.59. The summed E-state index contributed by atoms with van der Waals surface area (Å²) in [5, 5.41) is 12.5. The molecule has 2 aliphatic rings. The van der Waals surface area contributed by atoms with Gasteiger partial charge >= 0.3 is 0 Å². The minimum Gasteiger partial charge on any atom is -0.395 e. The average Bonchev–Trinajstić information content (AvgIpc) is 2.90. The number of nitrogens with zero attached hydrogens (tertiary/aromatic N) is 1. The van der Waals surface area contributed by atoms with E-state index < -0.39 is 0 Å². The highest BCUT2D eigenvalue weighted by molar-refractivity contribution is 5.82. The lowest BCUT2D eigenvalue weighted by atomic mass is 9.79. The van der Waals surface area contributed by atoms with Crippen LogP contribution in [-0.4, -0.2) is 48.2 Å². The molecular weight excluding hydrogens is 228 g/mol. The van der Waals surface area contributed by atoms with Crippen molar-refractivity contribution in [3.05, 3.63) is 0 Å². The number of hydrogen-bond acceptors (Lipinski definition) is 3. The lowest BCUT2D eigenvalue weighted by Gasteiger charge is -2.39. The van der Waals surface area contributed by atoms with Gasteiger partial charge in [-0.3, -0.25) is 4.79 Å². The van der Waals surface area contributed by atoms with E-state index in [9.17, 15) is 9.90 Å². The van der Waals surface area contributed by atoms with Gasteiger partial charge in [-0.1, -0.05) is 19.8 Å². The van der Waals surface area contributed by atoms with E-state index in [1.807, 2.05) is 4.90 Å². The molecule has 1 saturated carbocycles. The minimum atomic E-state index is -0.219. The number of carbonyl (C=O) groups excluding carboxylic acids is 1. The Labute approximate surface area is 110 Å². The number of aliphatic hydroxyl groups excluding tert-OH is 1. The van der Waals surface area contributed by atoms with Crippen molar-refractivity contribution in [2.24, 2.45) is 5.41 Å². The summed E-state index contributed by atoms with van der Waals surface area (Å²) in [6, 6.07) is 0.372. The Morgan fingerprint density at radius 2 is 1.94 bits per heavy atom. The number of rotatable bonds is 4. The van der Waals surface area contributed by atoms with Gasteiger partial charge in [-0.2, -0.15) is 0 Å². The van der Waals surface area contributed by atoms with Gasteiger partial charge in [-0.05, 0) is 38.8 Å². The molecule has 4 heteroatoms. The molecule has 0 aromatic heterocycles. The second-order valence-electron chi connectivity index (χ2n) is 5.97. The van der Waals surface area contributed by atoms with Crippen molar-refractivity contribution < 1.29 is 9.90 Å². The fraction of sp³-hybridized carbons (Fsp3) is 0.929. The molecule has 0 aromatic rings. The van der Waals surface area contributed by atoms with E-state index in [1.54, 1.807) is 0 Å². The molecule has 2 rings (SSSR count). The van der Waals surface area contributed by atoms with E-state index in [0.29, 0.717) is 12.6 Å². The molecule has 1 aliphatic carbocycles. The fourth-order valence-corrected chi connectivity index (χ4v) is 3.31. The van der Waals surface area contributed by atoms with Crippen LogP contribution >= 0.6 is 0 Å². The van der Waals surface area contributed by atoms with E-state index in [4.69, 9.17) is 0 Å². The first-order chi connectivity index (χ1) is 8.67. The van der Waals surface area contributed by atoms with Crippen molar-refractivity contribution in [1.29, 1.82) is 0 Å². The third kappa shape index (κ3) is 2.86. The zero-order chi connectivity index (χ0) is 13.0. The van der Waals surface area contributed by atoms with Crippen LogP contribution in [0.4, 0.5) is 0 Å². The maximum absolute atomic E-state index is 12.8. The molecule has 2 fully saturated rings. The van der Waals surface area contributed by atoms with E-state index >= 15 is 0 Å². The number of hydrogen-bond donors (Lipinski definition) is 2. The molecule has 1 aliphatic heterocycles. The predicted molar refractivity (Wildman–Crippen MR) is 71.3 cm³/mol. The van der Waals surface area contributed by atoms with Crippen molar-refractivity contribution in [3.63, 3.8) is 0 Å². The van der Waals surface area contributed by atoms with E-state index in [1.165, 1.54) is 12.8 Å². The van der Waals surface area contributed by atoms with Gasteiger partial charge < -0.3 is 15.3 Å². The summed E-state index contributed by atoms with van der Waals surface area (Å²) in [6.07, 6.45) is 6.50. The predicted octanol–water partition coefficient (Wildman–Crippen LogP) is 1.14. The topological polar surface area (TPSA) is 52.6 Å². The van der Waals surface area contributed by atoms with Gasteiger partial charge in [0.1, 0.15) is 0 Å². The summed E-state index contributed by atoms with van der Waals surface area (Å²) in [4.78, 5) is 14.8. The van der Waals surface area contributed by atoms with Crippen molar-refractivity contribution in [3.8, 4) is 0 Å². The largest absolute Gasteiger partial charge is 0.395 e. The number of carbonyl (C=O) groups is 1. The SMILES string of the molecule is CC1(C(=O)N(CCO)C2CCCC2)CCNCC1. The Balaban J connectivity index is 2.06. The molecule has 0 radical (unpaired) electrons. The van der Waals surface area contributed by atoms with Gasteiger partial charge in [0.15, 0.2) is 0 Å². The third-order valence-corrected chi connectivity index (χ3v) is 4.59. The Morgan fingerprint density at radius 3 is 2.50 bits per heavy atom. The van der Waals surface area contributed by atoms with Crippen LogP contribution in [0.3, 0.4) is 0 Å². The number of nitrogens with one attached hydrogen (secondary N) is 1. The standard InChI is InChI=1S/C14H26N2O2/c1-14(6-8-15-9-7-14)13(18)16(10-11-17)12-4-2-3-5-12/h12,15,17H,2-11H2,1H3. The molecular formula is C14H26N2O2. The monoisotopic (exact) mass is 254 g/mol. The second kappa shape index (κ2) is 6.02. The van der Waals surface area contributed by atoms with Gasteiger partial charge in [0.25, 0.3) is 0 Å². The lowest BCUT2D eigenvalue weighted by molar-refractivity contribution is -0.145. The molecule has 0 aromatic carbocycles. The van der Waals surface area contributed by atoms with Crippen LogP contribution in [0, 0.1) is 5.41 Å². The highest BCUT2D eigenvalue weighted by Crippen LogP contribution is 2.33. The van der Waals surface area contributed by atoms with Crippen LogP contribution in [-0.2, 0) is 4.79 Å². The van der Waals surface area contributed by atoms with Crippen LogP contribution < -0.4 is 5.32 Å². The number of aliphatic hydroxyl groups is 1.